The molecule has 0 bridgehead atoms. The van der Waals surface area contributed by atoms with Gasteiger partial charge in [0.25, 0.3) is 0 Å². The first-order valence-corrected chi connectivity index (χ1v) is 11.7. The first-order valence-electron chi connectivity index (χ1n) is 11.7. The number of hydrogen-bond acceptors (Lipinski definition) is 5. The predicted octanol–water partition coefficient (Wildman–Crippen LogP) is 3.84. The topological polar surface area (TPSA) is 66.6 Å². The van der Waals surface area contributed by atoms with Crippen LogP contribution < -0.4 is 4.90 Å². The van der Waals surface area contributed by atoms with E-state index in [0.29, 0.717) is 18.8 Å². The second kappa shape index (κ2) is 9.17. The zero-order valence-electron chi connectivity index (χ0n) is 19.3. The molecule has 0 spiro atoms. The van der Waals surface area contributed by atoms with Crippen molar-refractivity contribution in [2.24, 2.45) is 0 Å². The van der Waals surface area contributed by atoms with Crippen molar-refractivity contribution in [3.8, 4) is 11.1 Å². The number of rotatable bonds is 5. The van der Waals surface area contributed by atoms with Gasteiger partial charge in [-0.25, -0.2) is 4.79 Å². The molecule has 0 saturated carbocycles. The zero-order valence-corrected chi connectivity index (χ0v) is 19.3. The largest absolute Gasteiger partial charge is 0.478 e. The Hall–Kier alpha value is -2.87. The summed E-state index contributed by atoms with van der Waals surface area (Å²) in [5.41, 5.74) is 6.45. The predicted molar refractivity (Wildman–Crippen MR) is 128 cm³/mol. The van der Waals surface area contributed by atoms with E-state index in [1.54, 1.807) is 0 Å². The van der Waals surface area contributed by atoms with E-state index in [-0.39, 0.29) is 6.04 Å². The van der Waals surface area contributed by atoms with Crippen LogP contribution in [0, 0.1) is 6.92 Å². The molecule has 2 aliphatic rings. The van der Waals surface area contributed by atoms with E-state index >= 15 is 0 Å². The number of hydrogen-bond donors (Lipinski definition) is 1. The highest BCUT2D eigenvalue weighted by Gasteiger charge is 2.26. The fourth-order valence-electron chi connectivity index (χ4n) is 5.16. The highest BCUT2D eigenvalue weighted by atomic mass is 16.5. The molecular weight excluding hydrogens is 418 g/mol. The molecule has 1 aromatic carbocycles. The van der Waals surface area contributed by atoms with Crippen LogP contribution in [0.15, 0.2) is 42.6 Å². The molecule has 1 atom stereocenters. The third-order valence-corrected chi connectivity index (χ3v) is 7.03. The van der Waals surface area contributed by atoms with Gasteiger partial charge in [0, 0.05) is 55.4 Å². The average Bonchev–Trinajstić information content (AvgIpc) is 3.28. The smallest absolute Gasteiger partial charge is 0.336 e. The molecule has 2 aromatic heterocycles. The van der Waals surface area contributed by atoms with Crippen LogP contribution in [0.2, 0.25) is 0 Å². The number of ether oxygens (including phenoxy) is 2. The zero-order chi connectivity index (χ0) is 22.9. The molecule has 0 radical (unpaired) electrons. The van der Waals surface area contributed by atoms with Gasteiger partial charge in [-0.2, -0.15) is 0 Å². The maximum absolute atomic E-state index is 12.1. The van der Waals surface area contributed by atoms with E-state index in [9.17, 15) is 9.90 Å². The summed E-state index contributed by atoms with van der Waals surface area (Å²) in [6, 6.07) is 12.6. The van der Waals surface area contributed by atoms with Gasteiger partial charge < -0.3 is 23.9 Å². The lowest BCUT2D eigenvalue weighted by Gasteiger charge is -2.34. The fraction of sp³-hybridized carbons (Fsp3) is 0.423. The van der Waals surface area contributed by atoms with Crippen molar-refractivity contribution < 1.29 is 19.4 Å². The third kappa shape index (κ3) is 4.12. The summed E-state index contributed by atoms with van der Waals surface area (Å²) >= 11 is 0. The van der Waals surface area contributed by atoms with E-state index in [4.69, 9.17) is 9.47 Å². The number of pyridine rings is 1. The van der Waals surface area contributed by atoms with E-state index in [2.05, 4.69) is 57.7 Å². The normalized spacial score (nSPS) is 18.5. The number of carbonyl (C=O) groups is 1. The Morgan fingerprint density at radius 2 is 1.61 bits per heavy atom. The minimum absolute atomic E-state index is 0.0830. The summed E-state index contributed by atoms with van der Waals surface area (Å²) < 4.78 is 13.2. The Balaban J connectivity index is 1.57. The molecule has 2 fully saturated rings. The summed E-state index contributed by atoms with van der Waals surface area (Å²) in [4.78, 5) is 16.8. The van der Waals surface area contributed by atoms with Crippen molar-refractivity contribution in [2.75, 3.05) is 57.5 Å². The molecule has 33 heavy (non-hydrogen) atoms. The second-order valence-corrected chi connectivity index (χ2v) is 8.83. The molecule has 7 nitrogen and oxygen atoms in total. The van der Waals surface area contributed by atoms with Crippen molar-refractivity contribution in [1.29, 1.82) is 0 Å². The van der Waals surface area contributed by atoms with E-state index in [0.717, 1.165) is 67.3 Å². The molecule has 7 heteroatoms. The standard InChI is InChI=1S/C26H31N3O4/c1-18-23(26(30)31)17-24-22(20-3-5-21(6-4-20)28-11-15-33-16-12-28)7-8-29(24)25(18)19(2)27-9-13-32-14-10-27/h3-8,17,19H,9-16H2,1-2H3,(H,30,31). The van der Waals surface area contributed by atoms with Gasteiger partial charge in [0.1, 0.15) is 0 Å². The van der Waals surface area contributed by atoms with Crippen molar-refractivity contribution in [1.82, 2.24) is 9.30 Å². The molecule has 174 valence electrons. The maximum Gasteiger partial charge on any atom is 0.336 e. The first kappa shape index (κ1) is 21.9. The van der Waals surface area contributed by atoms with Crippen molar-refractivity contribution in [3.05, 3.63) is 59.4 Å². The quantitative estimate of drug-likeness (QED) is 0.638. The fourth-order valence-corrected chi connectivity index (χ4v) is 5.16. The number of aromatic nitrogens is 1. The van der Waals surface area contributed by atoms with E-state index < -0.39 is 5.97 Å². The minimum atomic E-state index is -0.889. The Morgan fingerprint density at radius 3 is 2.24 bits per heavy atom. The number of aromatic carboxylic acids is 1. The average molecular weight is 450 g/mol. The molecular formula is C26H31N3O4. The lowest BCUT2D eigenvalue weighted by atomic mass is 9.99. The van der Waals surface area contributed by atoms with Crippen molar-refractivity contribution in [2.45, 2.75) is 19.9 Å². The van der Waals surface area contributed by atoms with Crippen LogP contribution in [0.25, 0.3) is 16.6 Å². The molecule has 1 unspecified atom stereocenters. The van der Waals surface area contributed by atoms with Gasteiger partial charge >= 0.3 is 5.97 Å². The molecule has 1 N–H and O–H groups in total. The maximum atomic E-state index is 12.1. The summed E-state index contributed by atoms with van der Waals surface area (Å²) in [7, 11) is 0. The van der Waals surface area contributed by atoms with Crippen molar-refractivity contribution in [3.63, 3.8) is 0 Å². The first-order chi connectivity index (χ1) is 16.0. The second-order valence-electron chi connectivity index (χ2n) is 8.83. The number of nitrogens with zero attached hydrogens (tertiary/aromatic N) is 3. The number of anilines is 1. The lowest BCUT2D eigenvalue weighted by Crippen LogP contribution is -2.39. The highest BCUT2D eigenvalue weighted by Crippen LogP contribution is 2.34. The Labute approximate surface area is 194 Å². The van der Waals surface area contributed by atoms with Crippen LogP contribution in [0.3, 0.4) is 0 Å². The van der Waals surface area contributed by atoms with Crippen LogP contribution in [0.5, 0.6) is 0 Å². The third-order valence-electron chi connectivity index (χ3n) is 7.03. The molecule has 0 amide bonds. The van der Waals surface area contributed by atoms with Gasteiger partial charge in [0.15, 0.2) is 0 Å². The van der Waals surface area contributed by atoms with E-state index in [1.807, 2.05) is 13.0 Å². The SMILES string of the molecule is Cc1c(C(=O)O)cc2c(-c3ccc(N4CCOCC4)cc3)ccn2c1C(C)N1CCOCC1. The van der Waals surface area contributed by atoms with Crippen LogP contribution in [0.1, 0.15) is 34.6 Å². The molecule has 0 aliphatic carbocycles. The molecule has 3 aromatic rings. The number of benzene rings is 1. The molecule has 2 aliphatic heterocycles. The highest BCUT2D eigenvalue weighted by molar-refractivity contribution is 5.94. The lowest BCUT2D eigenvalue weighted by molar-refractivity contribution is 0.0187. The van der Waals surface area contributed by atoms with Crippen molar-refractivity contribution >= 4 is 17.2 Å². The number of morpholine rings is 2. The summed E-state index contributed by atoms with van der Waals surface area (Å²) in [6.45, 7) is 10.5. The van der Waals surface area contributed by atoms with Crippen LogP contribution >= 0.6 is 0 Å². The van der Waals surface area contributed by atoms with Gasteiger partial charge in [-0.3, -0.25) is 4.90 Å². The van der Waals surface area contributed by atoms with Crippen LogP contribution in [-0.2, 0) is 9.47 Å². The van der Waals surface area contributed by atoms with Crippen LogP contribution in [0.4, 0.5) is 5.69 Å². The Kier molecular flexibility index (Phi) is 6.10. The minimum Gasteiger partial charge on any atom is -0.478 e. The molecule has 4 heterocycles. The number of carboxylic acids is 1. The van der Waals surface area contributed by atoms with E-state index in [1.165, 1.54) is 5.69 Å². The van der Waals surface area contributed by atoms with Gasteiger partial charge in [-0.1, -0.05) is 12.1 Å². The molecule has 2 saturated heterocycles. The van der Waals surface area contributed by atoms with Gasteiger partial charge in [0.05, 0.1) is 37.5 Å². The molecule has 5 rings (SSSR count). The summed E-state index contributed by atoms with van der Waals surface area (Å²) in [5, 5.41) is 9.96. The monoisotopic (exact) mass is 449 g/mol. The van der Waals surface area contributed by atoms with Gasteiger partial charge in [-0.15, -0.1) is 0 Å². The summed E-state index contributed by atoms with van der Waals surface area (Å²) in [5.74, 6) is -0.889. The Bertz CT molecular complexity index is 1140. The van der Waals surface area contributed by atoms with Crippen LogP contribution in [-0.4, -0.2) is 73.0 Å². The number of fused-ring (bicyclic) bond motifs is 1. The summed E-state index contributed by atoms with van der Waals surface area (Å²) in [6.07, 6.45) is 2.07. The van der Waals surface area contributed by atoms with Gasteiger partial charge in [0.2, 0.25) is 0 Å². The Morgan fingerprint density at radius 1 is 0.970 bits per heavy atom. The van der Waals surface area contributed by atoms with Gasteiger partial charge in [-0.05, 0) is 49.2 Å². The number of carboxylic acid groups (broad SMARTS) is 1.